The number of hydrogen-bond donors (Lipinski definition) is 10. The molecule has 52 heavy (non-hydrogen) atoms. The Balaban J connectivity index is 1.33. The number of ether oxygens (including phenoxy) is 5. The Morgan fingerprint density at radius 3 is 2.27 bits per heavy atom. The first-order valence-corrected chi connectivity index (χ1v) is 15.8. The third-order valence-corrected chi connectivity index (χ3v) is 8.38. The van der Waals surface area contributed by atoms with Crippen LogP contribution in [0.1, 0.15) is 5.56 Å². The summed E-state index contributed by atoms with van der Waals surface area (Å²) in [6.45, 7) is -1.10. The van der Waals surface area contributed by atoms with Gasteiger partial charge in [0, 0.05) is 24.3 Å². The van der Waals surface area contributed by atoms with Gasteiger partial charge < -0.3 is 74.7 Å². The van der Waals surface area contributed by atoms with Crippen LogP contribution in [0.4, 0.5) is 0 Å². The maximum absolute atomic E-state index is 12.5. The monoisotopic (exact) mass is 727 g/mol. The number of aliphatic hydroxyl groups is 5. The van der Waals surface area contributed by atoms with E-state index in [1.54, 1.807) is 12.1 Å². The average Bonchev–Trinajstić information content (AvgIpc) is 3.11. The summed E-state index contributed by atoms with van der Waals surface area (Å²) in [6, 6.07) is 13.0. The number of esters is 1. The molecule has 1 aromatic heterocycles. The molecule has 0 bridgehead atoms. The molecular formula is C35H35O17+. The second kappa shape index (κ2) is 15.2. The Labute approximate surface area is 293 Å². The van der Waals surface area contributed by atoms with Crippen molar-refractivity contribution in [2.24, 2.45) is 0 Å². The van der Waals surface area contributed by atoms with E-state index >= 15 is 0 Å². The normalized spacial score (nSPS) is 27.8. The maximum Gasteiger partial charge on any atom is 0.402 e. The minimum atomic E-state index is -1.90. The van der Waals surface area contributed by atoms with Gasteiger partial charge in [-0.05, 0) is 35.9 Å². The topological polar surface area (TPSA) is 277 Å². The zero-order chi connectivity index (χ0) is 37.3. The number of fused-ring (bicyclic) bond motifs is 1. The van der Waals surface area contributed by atoms with Crippen LogP contribution in [0.3, 0.4) is 0 Å². The van der Waals surface area contributed by atoms with Crippen LogP contribution < -0.4 is 4.74 Å². The van der Waals surface area contributed by atoms with Crippen LogP contribution >= 0.6 is 0 Å². The van der Waals surface area contributed by atoms with Crippen LogP contribution in [0, 0.1) is 0 Å². The van der Waals surface area contributed by atoms with Gasteiger partial charge in [0.1, 0.15) is 65.9 Å². The number of rotatable bonds is 9. The predicted molar refractivity (Wildman–Crippen MR) is 175 cm³/mol. The van der Waals surface area contributed by atoms with Gasteiger partial charge in [0.25, 0.3) is 0 Å². The van der Waals surface area contributed by atoms with E-state index in [1.807, 2.05) is 0 Å². The largest absolute Gasteiger partial charge is 0.508 e. The molecule has 0 radical (unpaired) electrons. The summed E-state index contributed by atoms with van der Waals surface area (Å²) in [7, 11) is 0. The number of phenolic OH excluding ortho intramolecular Hbond substituents is 5. The third-order valence-electron chi connectivity index (χ3n) is 8.38. The number of carbonyl (C=O) groups is 1. The number of carbonyl (C=O) groups excluding carboxylic acids is 1. The second-order valence-corrected chi connectivity index (χ2v) is 12.1. The lowest BCUT2D eigenvalue weighted by Gasteiger charge is -2.44. The molecule has 2 fully saturated rings. The van der Waals surface area contributed by atoms with Crippen molar-refractivity contribution in [1.29, 1.82) is 0 Å². The van der Waals surface area contributed by atoms with Crippen LogP contribution in [-0.4, -0.2) is 126 Å². The van der Waals surface area contributed by atoms with Crippen molar-refractivity contribution in [2.45, 2.75) is 55.3 Å². The lowest BCUT2D eigenvalue weighted by Crippen LogP contribution is -2.64. The molecule has 0 aliphatic carbocycles. The molecule has 3 aromatic carbocycles. The fourth-order valence-corrected chi connectivity index (χ4v) is 5.56. The molecule has 10 N–H and O–H groups in total. The van der Waals surface area contributed by atoms with E-state index in [9.17, 15) is 55.9 Å². The molecule has 2 saturated heterocycles. The molecule has 2 aliphatic heterocycles. The maximum atomic E-state index is 12.5. The average molecular weight is 728 g/mol. The molecule has 6 rings (SSSR count). The SMILES string of the molecule is O=C(C=Cc1ccc(O)cc1)OCC1OC(Oc2cc3c(O)cc(O)cc3[o+]c2-c2ccc(O)c(O)c2)C(OC2OCC(O)C(O)C2O)C(O)C1O. The molecule has 3 heterocycles. The van der Waals surface area contributed by atoms with Gasteiger partial charge in [0.2, 0.25) is 12.0 Å². The Kier molecular flexibility index (Phi) is 10.7. The van der Waals surface area contributed by atoms with Crippen molar-refractivity contribution in [3.05, 3.63) is 72.3 Å². The van der Waals surface area contributed by atoms with Crippen molar-refractivity contribution < 1.29 is 84.0 Å². The van der Waals surface area contributed by atoms with E-state index in [2.05, 4.69) is 0 Å². The van der Waals surface area contributed by atoms with E-state index < -0.39 is 91.7 Å². The van der Waals surface area contributed by atoms with E-state index in [4.69, 9.17) is 28.1 Å². The van der Waals surface area contributed by atoms with Crippen molar-refractivity contribution in [1.82, 2.24) is 0 Å². The van der Waals surface area contributed by atoms with E-state index in [0.717, 1.165) is 24.3 Å². The Bertz CT molecular complexity index is 1930. The van der Waals surface area contributed by atoms with Gasteiger partial charge in [-0.15, -0.1) is 0 Å². The number of phenols is 5. The zero-order valence-electron chi connectivity index (χ0n) is 26.9. The summed E-state index contributed by atoms with van der Waals surface area (Å²) in [5.41, 5.74) is 0.631. The highest BCUT2D eigenvalue weighted by Gasteiger charge is 2.51. The minimum Gasteiger partial charge on any atom is -0.508 e. The summed E-state index contributed by atoms with van der Waals surface area (Å²) in [4.78, 5) is 12.5. The molecule has 17 heteroatoms. The van der Waals surface area contributed by atoms with E-state index in [-0.39, 0.29) is 39.5 Å². The predicted octanol–water partition coefficient (Wildman–Crippen LogP) is 0.815. The quantitative estimate of drug-likeness (QED) is 0.0494. The smallest absolute Gasteiger partial charge is 0.402 e. The second-order valence-electron chi connectivity index (χ2n) is 12.1. The first-order chi connectivity index (χ1) is 24.8. The molecule has 0 saturated carbocycles. The number of hydrogen-bond acceptors (Lipinski definition) is 16. The van der Waals surface area contributed by atoms with Crippen molar-refractivity contribution in [3.8, 4) is 45.8 Å². The van der Waals surface area contributed by atoms with Gasteiger partial charge in [-0.25, -0.2) is 9.21 Å². The Morgan fingerprint density at radius 1 is 0.788 bits per heavy atom. The van der Waals surface area contributed by atoms with Gasteiger partial charge in [0.05, 0.1) is 18.2 Å². The van der Waals surface area contributed by atoms with Gasteiger partial charge in [0.15, 0.2) is 23.9 Å². The van der Waals surface area contributed by atoms with Gasteiger partial charge in [-0.3, -0.25) is 0 Å². The summed E-state index contributed by atoms with van der Waals surface area (Å²) >= 11 is 0. The standard InChI is InChI=1S/C35H34O17/c36-17-5-1-15(2-6-17)3-8-27(42)47-14-26-29(44)30(45)33(52-34-31(46)28(43)23(41)13-48-34)35(51-26)50-25-12-19-21(39)10-18(37)11-24(19)49-32(25)16-4-7-20(38)22(40)9-16/h1-12,23,26,28-31,33-35,41,43-46H,13-14H2,(H4-,36,37,38,39,40,42)/p+1. The fraction of sp³-hybridized carbons (Fsp3) is 0.314. The zero-order valence-corrected chi connectivity index (χ0v) is 26.9. The molecular weight excluding hydrogens is 692 g/mol. The molecule has 2 aliphatic rings. The van der Waals surface area contributed by atoms with Crippen LogP contribution in [0.25, 0.3) is 28.4 Å². The molecule has 9 atom stereocenters. The fourth-order valence-electron chi connectivity index (χ4n) is 5.56. The molecule has 4 aromatic rings. The minimum absolute atomic E-state index is 0.0162. The Hall–Kier alpha value is -5.24. The number of aromatic hydroxyl groups is 5. The molecule has 0 amide bonds. The summed E-state index contributed by atoms with van der Waals surface area (Å²) < 4.78 is 34.5. The highest BCUT2D eigenvalue weighted by Crippen LogP contribution is 2.42. The van der Waals surface area contributed by atoms with E-state index in [1.165, 1.54) is 36.4 Å². The van der Waals surface area contributed by atoms with Gasteiger partial charge >= 0.3 is 17.3 Å². The first-order valence-electron chi connectivity index (χ1n) is 15.8. The highest BCUT2D eigenvalue weighted by atomic mass is 16.8. The van der Waals surface area contributed by atoms with Crippen molar-refractivity contribution in [3.63, 3.8) is 0 Å². The summed E-state index contributed by atoms with van der Waals surface area (Å²) in [5.74, 6) is -3.03. The van der Waals surface area contributed by atoms with Crippen LogP contribution in [-0.2, 0) is 23.7 Å². The van der Waals surface area contributed by atoms with Crippen molar-refractivity contribution >= 4 is 23.0 Å². The molecule has 276 valence electrons. The van der Waals surface area contributed by atoms with Crippen molar-refractivity contribution in [2.75, 3.05) is 13.2 Å². The van der Waals surface area contributed by atoms with Crippen LogP contribution in [0.2, 0.25) is 0 Å². The highest BCUT2D eigenvalue weighted by molar-refractivity contribution is 5.89. The number of aliphatic hydroxyl groups excluding tert-OH is 5. The van der Waals surface area contributed by atoms with Gasteiger partial charge in [-0.1, -0.05) is 12.1 Å². The van der Waals surface area contributed by atoms with Crippen LogP contribution in [0.5, 0.6) is 34.5 Å². The summed E-state index contributed by atoms with van der Waals surface area (Å²) in [6.07, 6.45) is -12.9. The summed E-state index contributed by atoms with van der Waals surface area (Å²) in [5, 5.41) is 103. The molecule has 0 spiro atoms. The first kappa shape index (κ1) is 36.5. The molecule has 17 nitrogen and oxygen atoms in total. The number of benzene rings is 3. The lowest BCUT2D eigenvalue weighted by molar-refractivity contribution is -0.345. The Morgan fingerprint density at radius 2 is 1.54 bits per heavy atom. The van der Waals surface area contributed by atoms with E-state index in [0.29, 0.717) is 5.56 Å². The van der Waals surface area contributed by atoms with Gasteiger partial charge in [-0.2, -0.15) is 0 Å². The molecule has 9 unspecified atom stereocenters. The third kappa shape index (κ3) is 7.81. The lowest BCUT2D eigenvalue weighted by atomic mass is 9.98. The van der Waals surface area contributed by atoms with Crippen LogP contribution in [0.15, 0.2) is 71.2 Å².